The molecule has 1 fully saturated rings. The number of carbonyl (C=O) groups excluding carboxylic acids is 2. The average Bonchev–Trinajstić information content (AvgIpc) is 3.52. The van der Waals surface area contributed by atoms with Gasteiger partial charge in [-0.05, 0) is 55.2 Å². The summed E-state index contributed by atoms with van der Waals surface area (Å²) in [6.45, 7) is 2.24. The lowest BCUT2D eigenvalue weighted by Crippen LogP contribution is -2.15. The first-order chi connectivity index (χ1) is 14.2. The highest BCUT2D eigenvalue weighted by atomic mass is 16.2. The number of unbranched alkanes of at least 4 members (excludes halogenated alkanes) is 5. The second-order valence-corrected chi connectivity index (χ2v) is 8.05. The average molecular weight is 393 g/mol. The van der Waals surface area contributed by atoms with Crippen LogP contribution in [0.15, 0.2) is 54.6 Å². The third-order valence-corrected chi connectivity index (χ3v) is 5.63. The molecule has 0 bridgehead atoms. The Kier molecular flexibility index (Phi) is 7.85. The molecule has 29 heavy (non-hydrogen) atoms. The van der Waals surface area contributed by atoms with E-state index in [0.29, 0.717) is 17.2 Å². The van der Waals surface area contributed by atoms with Crippen molar-refractivity contribution < 1.29 is 9.59 Å². The minimum Gasteiger partial charge on any atom is -0.326 e. The van der Waals surface area contributed by atoms with Crippen LogP contribution in [0.5, 0.6) is 0 Å². The minimum atomic E-state index is -0.141. The number of hydrogen-bond donors (Lipinski definition) is 2. The number of nitrogens with one attached hydrogen (secondary N) is 2. The molecule has 1 aliphatic rings. The number of benzene rings is 2. The van der Waals surface area contributed by atoms with Crippen LogP contribution in [0, 0.1) is 11.8 Å². The summed E-state index contributed by atoms with van der Waals surface area (Å²) >= 11 is 0. The molecule has 0 heterocycles. The molecule has 3 rings (SSSR count). The van der Waals surface area contributed by atoms with Gasteiger partial charge >= 0.3 is 0 Å². The summed E-state index contributed by atoms with van der Waals surface area (Å²) in [6.07, 6.45) is 10.0. The second-order valence-electron chi connectivity index (χ2n) is 8.05. The van der Waals surface area contributed by atoms with Gasteiger partial charge in [0.2, 0.25) is 5.91 Å². The van der Waals surface area contributed by atoms with Crippen LogP contribution in [0.2, 0.25) is 0 Å². The van der Waals surface area contributed by atoms with Crippen molar-refractivity contribution in [3.05, 3.63) is 60.2 Å². The molecule has 0 spiro atoms. The number of hydrogen-bond acceptors (Lipinski definition) is 2. The summed E-state index contributed by atoms with van der Waals surface area (Å²) in [5.74, 6) is 0.716. The van der Waals surface area contributed by atoms with Gasteiger partial charge in [0.25, 0.3) is 5.91 Å². The Morgan fingerprint density at radius 3 is 2.14 bits per heavy atom. The third kappa shape index (κ3) is 6.74. The van der Waals surface area contributed by atoms with E-state index in [1.807, 2.05) is 42.5 Å². The summed E-state index contributed by atoms with van der Waals surface area (Å²) < 4.78 is 0. The summed E-state index contributed by atoms with van der Waals surface area (Å²) in [5, 5.41) is 5.88. The molecule has 0 radical (unpaired) electrons. The number of carbonyl (C=O) groups is 2. The molecule has 0 aliphatic heterocycles. The first kappa shape index (κ1) is 21.1. The van der Waals surface area contributed by atoms with E-state index in [4.69, 9.17) is 0 Å². The maximum atomic E-state index is 12.4. The van der Waals surface area contributed by atoms with E-state index in [2.05, 4.69) is 17.6 Å². The zero-order chi connectivity index (χ0) is 20.5. The van der Waals surface area contributed by atoms with Gasteiger partial charge in [0.15, 0.2) is 0 Å². The second kappa shape index (κ2) is 10.8. The molecule has 4 heteroatoms. The van der Waals surface area contributed by atoms with E-state index in [0.717, 1.165) is 12.1 Å². The normalized spacial score (nSPS) is 17.6. The van der Waals surface area contributed by atoms with Gasteiger partial charge in [-0.15, -0.1) is 0 Å². The van der Waals surface area contributed by atoms with Crippen LogP contribution in [-0.4, -0.2) is 11.8 Å². The Hall–Kier alpha value is -2.62. The van der Waals surface area contributed by atoms with Crippen molar-refractivity contribution in [2.45, 2.75) is 58.3 Å². The Labute approximate surface area is 174 Å². The van der Waals surface area contributed by atoms with Crippen molar-refractivity contribution in [2.24, 2.45) is 11.8 Å². The van der Waals surface area contributed by atoms with Crippen molar-refractivity contribution in [1.29, 1.82) is 0 Å². The number of rotatable bonds is 11. The van der Waals surface area contributed by atoms with Crippen molar-refractivity contribution in [1.82, 2.24) is 0 Å². The van der Waals surface area contributed by atoms with Crippen LogP contribution in [0.1, 0.15) is 68.6 Å². The van der Waals surface area contributed by atoms with Crippen molar-refractivity contribution in [2.75, 3.05) is 10.6 Å². The minimum absolute atomic E-state index is 0.127. The summed E-state index contributed by atoms with van der Waals surface area (Å²) in [5.41, 5.74) is 2.11. The first-order valence-electron chi connectivity index (χ1n) is 10.9. The van der Waals surface area contributed by atoms with Crippen molar-refractivity contribution in [3.63, 3.8) is 0 Å². The lowest BCUT2D eigenvalue weighted by molar-refractivity contribution is -0.117. The Balaban J connectivity index is 1.38. The van der Waals surface area contributed by atoms with Crippen LogP contribution in [-0.2, 0) is 4.79 Å². The zero-order valence-corrected chi connectivity index (χ0v) is 17.3. The molecule has 2 N–H and O–H groups in total. The molecule has 0 saturated heterocycles. The fourth-order valence-corrected chi connectivity index (χ4v) is 3.74. The molecule has 2 unspecified atom stereocenters. The molecule has 1 saturated carbocycles. The Morgan fingerprint density at radius 2 is 1.45 bits per heavy atom. The van der Waals surface area contributed by atoms with Crippen LogP contribution in [0.25, 0.3) is 0 Å². The quantitative estimate of drug-likeness (QED) is 0.443. The van der Waals surface area contributed by atoms with E-state index in [-0.39, 0.29) is 17.7 Å². The van der Waals surface area contributed by atoms with Crippen LogP contribution in [0.4, 0.5) is 11.4 Å². The van der Waals surface area contributed by atoms with Gasteiger partial charge in [-0.3, -0.25) is 9.59 Å². The van der Waals surface area contributed by atoms with Gasteiger partial charge < -0.3 is 10.6 Å². The van der Waals surface area contributed by atoms with Crippen molar-refractivity contribution in [3.8, 4) is 0 Å². The first-order valence-corrected chi connectivity index (χ1v) is 10.9. The van der Waals surface area contributed by atoms with E-state index in [1.54, 1.807) is 12.1 Å². The number of amides is 2. The van der Waals surface area contributed by atoms with Crippen LogP contribution < -0.4 is 10.6 Å². The van der Waals surface area contributed by atoms with Gasteiger partial charge in [-0.2, -0.15) is 0 Å². The summed E-state index contributed by atoms with van der Waals surface area (Å²) in [6, 6.07) is 16.4. The van der Waals surface area contributed by atoms with Crippen LogP contribution in [0.3, 0.4) is 0 Å². The molecule has 2 aromatic carbocycles. The molecule has 154 valence electrons. The predicted octanol–water partition coefficient (Wildman–Crippen LogP) is 6.26. The molecule has 2 amide bonds. The number of anilines is 2. The zero-order valence-electron chi connectivity index (χ0n) is 17.3. The molecule has 2 aromatic rings. The van der Waals surface area contributed by atoms with E-state index in [1.165, 1.54) is 44.9 Å². The Morgan fingerprint density at radius 1 is 0.828 bits per heavy atom. The highest BCUT2D eigenvalue weighted by Gasteiger charge is 2.42. The fraction of sp³-hybridized carbons (Fsp3) is 0.440. The maximum absolute atomic E-state index is 12.4. The third-order valence-electron chi connectivity index (χ3n) is 5.63. The molecule has 0 aromatic heterocycles. The maximum Gasteiger partial charge on any atom is 0.255 e. The lowest BCUT2D eigenvalue weighted by Gasteiger charge is -2.08. The smallest absolute Gasteiger partial charge is 0.255 e. The molecule has 4 nitrogen and oxygen atoms in total. The summed E-state index contributed by atoms with van der Waals surface area (Å²) in [4.78, 5) is 24.6. The highest BCUT2D eigenvalue weighted by molar-refractivity contribution is 6.04. The largest absolute Gasteiger partial charge is 0.326 e. The monoisotopic (exact) mass is 392 g/mol. The van der Waals surface area contributed by atoms with Crippen LogP contribution >= 0.6 is 0 Å². The SMILES string of the molecule is CCCCCCCCC1CC1C(=O)Nc1ccc(NC(=O)c2ccccc2)cc1. The van der Waals surface area contributed by atoms with Gasteiger partial charge in [0.05, 0.1) is 0 Å². The van der Waals surface area contributed by atoms with E-state index in [9.17, 15) is 9.59 Å². The van der Waals surface area contributed by atoms with Gasteiger partial charge in [-0.25, -0.2) is 0 Å². The Bertz CT molecular complexity index is 786. The van der Waals surface area contributed by atoms with E-state index < -0.39 is 0 Å². The van der Waals surface area contributed by atoms with Gasteiger partial charge in [-0.1, -0.05) is 63.6 Å². The standard InChI is InChI=1S/C25H32N2O2/c1-2-3-4-5-6-8-13-20-18-23(20)25(29)27-22-16-14-21(15-17-22)26-24(28)19-11-9-7-10-12-19/h7,9-12,14-17,20,23H,2-6,8,13,18H2,1H3,(H,26,28)(H,27,29). The van der Waals surface area contributed by atoms with E-state index >= 15 is 0 Å². The van der Waals surface area contributed by atoms with Gasteiger partial charge in [0, 0.05) is 22.9 Å². The molecular weight excluding hydrogens is 360 g/mol. The lowest BCUT2D eigenvalue weighted by atomic mass is 10.1. The van der Waals surface area contributed by atoms with Gasteiger partial charge in [0.1, 0.15) is 0 Å². The highest BCUT2D eigenvalue weighted by Crippen LogP contribution is 2.43. The molecular formula is C25H32N2O2. The molecule has 2 atom stereocenters. The topological polar surface area (TPSA) is 58.2 Å². The summed E-state index contributed by atoms with van der Waals surface area (Å²) in [7, 11) is 0. The fourth-order valence-electron chi connectivity index (χ4n) is 3.74. The predicted molar refractivity (Wildman–Crippen MR) is 119 cm³/mol. The molecule has 1 aliphatic carbocycles. The van der Waals surface area contributed by atoms with Crippen molar-refractivity contribution >= 4 is 23.2 Å².